The van der Waals surface area contributed by atoms with Gasteiger partial charge in [0.1, 0.15) is 0 Å². The number of nitrogens with zero attached hydrogens (tertiary/aromatic N) is 3. The largest absolute Gasteiger partial charge is 0.478 e. The van der Waals surface area contributed by atoms with Gasteiger partial charge in [0.25, 0.3) is 17.7 Å². The van der Waals surface area contributed by atoms with Crippen LogP contribution in [-0.4, -0.2) is 60.4 Å². The van der Waals surface area contributed by atoms with Crippen LogP contribution in [-0.2, 0) is 26.2 Å². The molecule has 8 rings (SSSR count). The van der Waals surface area contributed by atoms with Crippen LogP contribution in [0.15, 0.2) is 128 Å². The van der Waals surface area contributed by atoms with Gasteiger partial charge < -0.3 is 21.1 Å². The molecule has 4 N–H and O–H groups in total. The molecule has 0 spiro atoms. The molecule has 4 aromatic carbocycles. The minimum atomic E-state index is -3.92. The molecule has 0 aliphatic carbocycles. The fourth-order valence-electron chi connectivity index (χ4n) is 5.56. The number of carbonyl (C=O) groups is 4. The average Bonchev–Trinajstić information content (AvgIpc) is 3.84. The van der Waals surface area contributed by atoms with Gasteiger partial charge in [-0.15, -0.1) is 11.3 Å². The van der Waals surface area contributed by atoms with E-state index in [9.17, 15) is 36.0 Å². The van der Waals surface area contributed by atoms with Gasteiger partial charge in [0.15, 0.2) is 0 Å². The second kappa shape index (κ2) is 15.5. The van der Waals surface area contributed by atoms with Crippen LogP contribution in [0.25, 0.3) is 5.13 Å². The molecule has 3 amide bonds. The number of carbonyl (C=O) groups excluding carboxylic acids is 3. The highest BCUT2D eigenvalue weighted by Gasteiger charge is 2.32. The molecular formula is C37H32N6O9S3. The molecule has 0 saturated heterocycles. The third-order valence-electron chi connectivity index (χ3n) is 8.09. The molecule has 55 heavy (non-hydrogen) atoms. The van der Waals surface area contributed by atoms with Gasteiger partial charge in [0, 0.05) is 35.4 Å². The third-order valence-corrected chi connectivity index (χ3v) is 12.6. The Kier molecular flexibility index (Phi) is 11.2. The molecule has 282 valence electrons. The number of fused-ring (bicyclic) bond motifs is 4. The molecule has 4 heterocycles. The number of carboxylic acid groups (broad SMARTS) is 1. The number of carboxylic acids is 1. The number of rotatable bonds is 5. The van der Waals surface area contributed by atoms with Crippen LogP contribution in [0.4, 0.5) is 11.4 Å². The Bertz CT molecular complexity index is 2710. The molecule has 6 aromatic rings. The molecule has 18 heteroatoms. The Morgan fingerprint density at radius 3 is 1.80 bits per heavy atom. The van der Waals surface area contributed by atoms with Gasteiger partial charge >= 0.3 is 5.97 Å². The van der Waals surface area contributed by atoms with E-state index >= 15 is 0 Å². The van der Waals surface area contributed by atoms with Crippen molar-refractivity contribution in [3.8, 4) is 5.13 Å². The average molecular weight is 801 g/mol. The van der Waals surface area contributed by atoms with Crippen LogP contribution in [0.5, 0.6) is 0 Å². The monoisotopic (exact) mass is 800 g/mol. The SMILES string of the molecule is C.C.O=C(NCc1cnn(-c2nccs2)c1)c1ccc2c(c1)NC(=O)c1ccccc1S2(=O)=O.O=C(O)c1ccc2c(c1)NC(=O)c1ccccc1S2(=O)=O. The predicted molar refractivity (Wildman–Crippen MR) is 203 cm³/mol. The van der Waals surface area contributed by atoms with Crippen molar-refractivity contribution in [2.75, 3.05) is 10.6 Å². The van der Waals surface area contributed by atoms with Crippen molar-refractivity contribution in [1.29, 1.82) is 0 Å². The van der Waals surface area contributed by atoms with E-state index in [4.69, 9.17) is 5.11 Å². The lowest BCUT2D eigenvalue weighted by Gasteiger charge is -2.10. The highest BCUT2D eigenvalue weighted by Crippen LogP contribution is 2.35. The van der Waals surface area contributed by atoms with E-state index in [1.54, 1.807) is 41.5 Å². The second-order valence-corrected chi connectivity index (χ2v) is 16.1. The number of aromatic carboxylic acids is 1. The van der Waals surface area contributed by atoms with Crippen LogP contribution in [0.1, 0.15) is 61.8 Å². The minimum absolute atomic E-state index is 0. The van der Waals surface area contributed by atoms with E-state index in [1.165, 1.54) is 72.0 Å². The summed E-state index contributed by atoms with van der Waals surface area (Å²) in [5.41, 5.74) is 1.02. The normalized spacial score (nSPS) is 14.0. The Morgan fingerprint density at radius 1 is 0.745 bits per heavy atom. The predicted octanol–water partition coefficient (Wildman–Crippen LogP) is 5.71. The number of benzene rings is 4. The number of hydrogen-bond donors (Lipinski definition) is 4. The molecular weight excluding hydrogens is 769 g/mol. The number of sulfone groups is 2. The molecule has 15 nitrogen and oxygen atoms in total. The van der Waals surface area contributed by atoms with E-state index in [2.05, 4.69) is 26.0 Å². The summed E-state index contributed by atoms with van der Waals surface area (Å²) in [7, 11) is -7.81. The number of hydrogen-bond acceptors (Lipinski definition) is 11. The number of amides is 3. The van der Waals surface area contributed by atoms with E-state index in [1.807, 2.05) is 5.38 Å². The van der Waals surface area contributed by atoms with Gasteiger partial charge in [0.05, 0.1) is 53.8 Å². The van der Waals surface area contributed by atoms with Gasteiger partial charge in [-0.25, -0.2) is 31.3 Å². The van der Waals surface area contributed by atoms with Gasteiger partial charge in [-0.05, 0) is 60.7 Å². The third kappa shape index (κ3) is 7.50. The van der Waals surface area contributed by atoms with Gasteiger partial charge in [-0.2, -0.15) is 5.10 Å². The highest BCUT2D eigenvalue weighted by molar-refractivity contribution is 7.92. The maximum Gasteiger partial charge on any atom is 0.335 e. The summed E-state index contributed by atoms with van der Waals surface area (Å²) in [6.07, 6.45) is 5.07. The van der Waals surface area contributed by atoms with E-state index in [-0.39, 0.29) is 74.6 Å². The summed E-state index contributed by atoms with van der Waals surface area (Å²) in [6.45, 7) is 0.220. The minimum Gasteiger partial charge on any atom is -0.478 e. The molecule has 0 atom stereocenters. The van der Waals surface area contributed by atoms with Crippen molar-refractivity contribution in [2.45, 2.75) is 41.0 Å². The molecule has 2 aliphatic heterocycles. The van der Waals surface area contributed by atoms with Gasteiger partial charge in [-0.1, -0.05) is 39.1 Å². The second-order valence-electron chi connectivity index (χ2n) is 11.4. The first kappa shape index (κ1) is 39.7. The molecule has 0 radical (unpaired) electrons. The number of thiazole rings is 1. The van der Waals surface area contributed by atoms with Crippen molar-refractivity contribution in [3.63, 3.8) is 0 Å². The van der Waals surface area contributed by atoms with Crippen molar-refractivity contribution in [3.05, 3.63) is 137 Å². The molecule has 0 bridgehead atoms. The van der Waals surface area contributed by atoms with Crippen LogP contribution in [0, 0.1) is 0 Å². The maximum absolute atomic E-state index is 13.0. The summed E-state index contributed by atoms with van der Waals surface area (Å²) in [6, 6.07) is 19.5. The molecule has 0 saturated carbocycles. The number of anilines is 2. The number of nitrogens with one attached hydrogen (secondary N) is 3. The first-order valence-corrected chi connectivity index (χ1v) is 19.2. The Balaban J connectivity index is 0.000000220. The van der Waals surface area contributed by atoms with E-state index < -0.39 is 43.4 Å². The van der Waals surface area contributed by atoms with Crippen LogP contribution in [0.2, 0.25) is 0 Å². The molecule has 0 unspecified atom stereocenters. The Morgan fingerprint density at radius 2 is 1.27 bits per heavy atom. The molecule has 2 aromatic heterocycles. The summed E-state index contributed by atoms with van der Waals surface area (Å²) >= 11 is 1.44. The zero-order valence-corrected chi connectivity index (χ0v) is 29.3. The lowest BCUT2D eigenvalue weighted by Crippen LogP contribution is -2.23. The van der Waals surface area contributed by atoms with Gasteiger partial charge in [-0.3, -0.25) is 14.4 Å². The standard InChI is InChI=1S/C21H15N5O4S2.C14H9NO5S.2CH4/c27-19(23-10-13-11-24-26(12-13)21-22-7-8-31-21)14-5-6-18-16(9-14)25-20(28)15-3-1-2-4-17(15)32(18,29)30;16-13-9-3-1-2-4-11(9)21(19,20)12-6-5-8(14(17)18)7-10(12)15-13;;/h1-9,11-12H,10H2,(H,23,27)(H,25,28);1-7H,(H,15,16)(H,17,18);2*1H4. The van der Waals surface area contributed by atoms with Crippen LogP contribution < -0.4 is 16.0 Å². The number of aromatic nitrogens is 3. The highest BCUT2D eigenvalue weighted by atomic mass is 32.2. The maximum atomic E-state index is 13.0. The van der Waals surface area contributed by atoms with E-state index in [0.29, 0.717) is 5.13 Å². The van der Waals surface area contributed by atoms with Crippen molar-refractivity contribution in [2.24, 2.45) is 0 Å². The van der Waals surface area contributed by atoms with Crippen LogP contribution in [0.3, 0.4) is 0 Å². The summed E-state index contributed by atoms with van der Waals surface area (Å²) in [4.78, 5) is 52.2. The lowest BCUT2D eigenvalue weighted by molar-refractivity contribution is 0.0695. The van der Waals surface area contributed by atoms with Gasteiger partial charge in [0.2, 0.25) is 24.8 Å². The van der Waals surface area contributed by atoms with Crippen LogP contribution >= 0.6 is 11.3 Å². The summed E-state index contributed by atoms with van der Waals surface area (Å²) in [5.74, 6) is -2.75. The lowest BCUT2D eigenvalue weighted by atomic mass is 10.1. The first-order chi connectivity index (χ1) is 25.3. The first-order valence-electron chi connectivity index (χ1n) is 15.4. The zero-order valence-electron chi connectivity index (χ0n) is 26.9. The van der Waals surface area contributed by atoms with Crippen molar-refractivity contribution >= 4 is 66.1 Å². The quantitative estimate of drug-likeness (QED) is 0.165. The smallest absolute Gasteiger partial charge is 0.335 e. The molecule has 0 fully saturated rings. The summed E-state index contributed by atoms with van der Waals surface area (Å²) in [5, 5.41) is 23.6. The fourth-order valence-corrected chi connectivity index (χ4v) is 9.32. The van der Waals surface area contributed by atoms with E-state index in [0.717, 1.165) is 11.6 Å². The fraction of sp³-hybridized carbons (Fsp3) is 0.0811. The van der Waals surface area contributed by atoms with Crippen molar-refractivity contribution < 1.29 is 41.1 Å². The Labute approximate surface area is 319 Å². The van der Waals surface area contributed by atoms with Crippen molar-refractivity contribution in [1.82, 2.24) is 20.1 Å². The molecule has 2 aliphatic rings. The Hall–Kier alpha value is -6.50. The topological polar surface area (TPSA) is 224 Å². The zero-order chi connectivity index (χ0) is 37.5. The summed E-state index contributed by atoms with van der Waals surface area (Å²) < 4.78 is 52.9.